The number of halogens is 1. The first kappa shape index (κ1) is 11.9. The maximum Gasteiger partial charge on any atom is 0.322 e. The van der Waals surface area contributed by atoms with E-state index in [9.17, 15) is 9.59 Å². The Morgan fingerprint density at radius 3 is 2.88 bits per heavy atom. The Labute approximate surface area is 104 Å². The Balaban J connectivity index is 1.92. The molecule has 1 aliphatic carbocycles. The monoisotopic (exact) mass is 253 g/mol. The highest BCUT2D eigenvalue weighted by Crippen LogP contribution is 2.47. The fourth-order valence-corrected chi connectivity index (χ4v) is 2.08. The molecule has 17 heavy (non-hydrogen) atoms. The predicted octanol–water partition coefficient (Wildman–Crippen LogP) is 1.64. The van der Waals surface area contributed by atoms with Crippen LogP contribution < -0.4 is 5.32 Å². The zero-order chi connectivity index (χ0) is 12.4. The van der Waals surface area contributed by atoms with Gasteiger partial charge < -0.3 is 10.4 Å². The highest BCUT2D eigenvalue weighted by molar-refractivity contribution is 6.30. The van der Waals surface area contributed by atoms with Crippen LogP contribution in [0.5, 0.6) is 0 Å². The minimum atomic E-state index is -1.03. The average Bonchev–Trinajstić information content (AvgIpc) is 3.05. The highest BCUT2D eigenvalue weighted by Gasteiger charge is 2.43. The lowest BCUT2D eigenvalue weighted by atomic mass is 10.1. The van der Waals surface area contributed by atoms with Crippen molar-refractivity contribution in [3.63, 3.8) is 0 Å². The predicted molar refractivity (Wildman–Crippen MR) is 62.9 cm³/mol. The van der Waals surface area contributed by atoms with Gasteiger partial charge in [0.05, 0.1) is 0 Å². The van der Waals surface area contributed by atoms with Gasteiger partial charge in [-0.15, -0.1) is 0 Å². The molecule has 90 valence electrons. The third-order valence-corrected chi connectivity index (χ3v) is 3.05. The van der Waals surface area contributed by atoms with E-state index in [1.807, 2.05) is 18.2 Å². The van der Waals surface area contributed by atoms with Gasteiger partial charge in [0.15, 0.2) is 0 Å². The van der Waals surface area contributed by atoms with Crippen LogP contribution in [0.1, 0.15) is 17.9 Å². The lowest BCUT2D eigenvalue weighted by Crippen LogP contribution is -2.30. The second-order valence-corrected chi connectivity index (χ2v) is 4.55. The van der Waals surface area contributed by atoms with Crippen molar-refractivity contribution in [2.24, 2.45) is 5.92 Å². The number of hydrogen-bond donors (Lipinski definition) is 2. The summed E-state index contributed by atoms with van der Waals surface area (Å²) in [7, 11) is 0. The molecule has 1 saturated carbocycles. The van der Waals surface area contributed by atoms with Crippen LogP contribution in [0.25, 0.3) is 0 Å². The third kappa shape index (κ3) is 2.97. The van der Waals surface area contributed by atoms with Gasteiger partial charge in [0, 0.05) is 10.9 Å². The van der Waals surface area contributed by atoms with Gasteiger partial charge in [-0.1, -0.05) is 23.7 Å². The molecule has 2 N–H and O–H groups in total. The molecule has 4 nitrogen and oxygen atoms in total. The van der Waals surface area contributed by atoms with Crippen LogP contribution in [0, 0.1) is 5.92 Å². The van der Waals surface area contributed by atoms with Gasteiger partial charge >= 0.3 is 5.97 Å². The Morgan fingerprint density at radius 1 is 1.47 bits per heavy atom. The van der Waals surface area contributed by atoms with Gasteiger partial charge in [0.25, 0.3) is 0 Å². The lowest BCUT2D eigenvalue weighted by molar-refractivity contribution is -0.138. The van der Waals surface area contributed by atoms with Gasteiger partial charge in [0.1, 0.15) is 6.54 Å². The molecule has 2 unspecified atom stereocenters. The number of benzene rings is 1. The van der Waals surface area contributed by atoms with Crippen molar-refractivity contribution in [2.75, 3.05) is 6.54 Å². The molecule has 1 aromatic rings. The molecule has 2 rings (SSSR count). The lowest BCUT2D eigenvalue weighted by Gasteiger charge is -2.02. The molecule has 0 saturated heterocycles. The first-order valence-corrected chi connectivity index (χ1v) is 5.70. The summed E-state index contributed by atoms with van der Waals surface area (Å²) in [6.07, 6.45) is 0.756. The fourth-order valence-electron chi connectivity index (χ4n) is 1.88. The summed E-state index contributed by atoms with van der Waals surface area (Å²) in [5, 5.41) is 11.5. The zero-order valence-corrected chi connectivity index (χ0v) is 9.78. The SMILES string of the molecule is O=C(O)CNC(=O)C1CC1c1cccc(Cl)c1. The maximum atomic E-state index is 11.6. The molecule has 0 bridgehead atoms. The average molecular weight is 254 g/mol. The number of hydrogen-bond acceptors (Lipinski definition) is 2. The van der Waals surface area contributed by atoms with E-state index in [1.54, 1.807) is 6.07 Å². The molecule has 0 heterocycles. The zero-order valence-electron chi connectivity index (χ0n) is 9.02. The normalized spacial score (nSPS) is 21.9. The largest absolute Gasteiger partial charge is 0.480 e. The fraction of sp³-hybridized carbons (Fsp3) is 0.333. The van der Waals surface area contributed by atoms with Crippen molar-refractivity contribution >= 4 is 23.5 Å². The smallest absolute Gasteiger partial charge is 0.322 e. The Bertz CT molecular complexity index is 461. The number of aliphatic carboxylic acids is 1. The Morgan fingerprint density at radius 2 is 2.24 bits per heavy atom. The quantitative estimate of drug-likeness (QED) is 0.857. The van der Waals surface area contributed by atoms with Gasteiger partial charge in [-0.05, 0) is 30.0 Å². The van der Waals surface area contributed by atoms with E-state index in [2.05, 4.69) is 5.32 Å². The van der Waals surface area contributed by atoms with Gasteiger partial charge in [0.2, 0.25) is 5.91 Å². The van der Waals surface area contributed by atoms with E-state index in [1.165, 1.54) is 0 Å². The highest BCUT2D eigenvalue weighted by atomic mass is 35.5. The van der Waals surface area contributed by atoms with E-state index in [0.717, 1.165) is 12.0 Å². The van der Waals surface area contributed by atoms with Crippen LogP contribution in [0.2, 0.25) is 5.02 Å². The summed E-state index contributed by atoms with van der Waals surface area (Å²) in [6, 6.07) is 7.41. The Kier molecular flexibility index (Phi) is 3.33. The van der Waals surface area contributed by atoms with Crippen LogP contribution in [-0.4, -0.2) is 23.5 Å². The minimum Gasteiger partial charge on any atom is -0.480 e. The van der Waals surface area contributed by atoms with Gasteiger partial charge in [-0.25, -0.2) is 0 Å². The van der Waals surface area contributed by atoms with Crippen molar-refractivity contribution in [3.05, 3.63) is 34.9 Å². The summed E-state index contributed by atoms with van der Waals surface area (Å²) >= 11 is 5.87. The second kappa shape index (κ2) is 4.75. The topological polar surface area (TPSA) is 66.4 Å². The number of amides is 1. The second-order valence-electron chi connectivity index (χ2n) is 4.12. The summed E-state index contributed by atoms with van der Waals surface area (Å²) in [6.45, 7) is -0.322. The molecule has 1 aliphatic rings. The maximum absolute atomic E-state index is 11.6. The molecule has 1 amide bonds. The van der Waals surface area contributed by atoms with Crippen molar-refractivity contribution in [1.82, 2.24) is 5.32 Å². The summed E-state index contributed by atoms with van der Waals surface area (Å²) in [4.78, 5) is 21.9. The first-order chi connectivity index (χ1) is 8.08. The molecule has 0 aliphatic heterocycles. The first-order valence-electron chi connectivity index (χ1n) is 5.33. The molecular weight excluding hydrogens is 242 g/mol. The van der Waals surface area contributed by atoms with E-state index < -0.39 is 5.97 Å². The third-order valence-electron chi connectivity index (χ3n) is 2.82. The van der Waals surface area contributed by atoms with Crippen molar-refractivity contribution in [3.8, 4) is 0 Å². The number of carbonyl (C=O) groups excluding carboxylic acids is 1. The van der Waals surface area contributed by atoms with Crippen LogP contribution >= 0.6 is 11.6 Å². The summed E-state index contributed by atoms with van der Waals surface area (Å²) < 4.78 is 0. The van der Waals surface area contributed by atoms with Crippen LogP contribution in [0.15, 0.2) is 24.3 Å². The van der Waals surface area contributed by atoms with E-state index >= 15 is 0 Å². The van der Waals surface area contributed by atoms with Crippen molar-refractivity contribution < 1.29 is 14.7 Å². The molecule has 1 aromatic carbocycles. The Hall–Kier alpha value is -1.55. The molecular formula is C12H12ClNO3. The van der Waals surface area contributed by atoms with Crippen molar-refractivity contribution in [2.45, 2.75) is 12.3 Å². The number of nitrogens with one attached hydrogen (secondary N) is 1. The molecule has 0 radical (unpaired) electrons. The molecule has 0 aromatic heterocycles. The number of rotatable bonds is 4. The molecule has 1 fully saturated rings. The van der Waals surface area contributed by atoms with Crippen LogP contribution in [0.3, 0.4) is 0 Å². The standard InChI is InChI=1S/C12H12ClNO3/c13-8-3-1-2-7(4-8)9-5-10(9)12(17)14-6-11(15)16/h1-4,9-10H,5-6H2,(H,14,17)(H,15,16). The molecule has 2 atom stereocenters. The van der Waals surface area contributed by atoms with Gasteiger partial charge in [-0.2, -0.15) is 0 Å². The van der Waals surface area contributed by atoms with Crippen LogP contribution in [-0.2, 0) is 9.59 Å². The molecule has 0 spiro atoms. The number of carbonyl (C=O) groups is 2. The van der Waals surface area contributed by atoms with Crippen molar-refractivity contribution in [1.29, 1.82) is 0 Å². The minimum absolute atomic E-state index is 0.118. The van der Waals surface area contributed by atoms with Gasteiger partial charge in [-0.3, -0.25) is 9.59 Å². The van der Waals surface area contributed by atoms with E-state index in [0.29, 0.717) is 5.02 Å². The number of carboxylic acids is 1. The van der Waals surface area contributed by atoms with E-state index in [-0.39, 0.29) is 24.3 Å². The summed E-state index contributed by atoms with van der Waals surface area (Å²) in [5.74, 6) is -1.18. The molecule has 5 heteroatoms. The van der Waals surface area contributed by atoms with Crippen LogP contribution in [0.4, 0.5) is 0 Å². The van der Waals surface area contributed by atoms with E-state index in [4.69, 9.17) is 16.7 Å². The number of carboxylic acid groups (broad SMARTS) is 1. The summed E-state index contributed by atoms with van der Waals surface area (Å²) in [5.41, 5.74) is 1.04.